The molecule has 0 aromatic carbocycles. The van der Waals surface area contributed by atoms with Gasteiger partial charge in [0.15, 0.2) is 0 Å². The lowest BCUT2D eigenvalue weighted by atomic mass is 10.5. The van der Waals surface area contributed by atoms with Crippen LogP contribution in [0, 0.1) is 0 Å². The summed E-state index contributed by atoms with van der Waals surface area (Å²) in [7, 11) is -1.98. The molecule has 0 fully saturated rings. The molecule has 1 atom stereocenters. The summed E-state index contributed by atoms with van der Waals surface area (Å²) >= 11 is 1.15. The highest BCUT2D eigenvalue weighted by molar-refractivity contribution is 14.2. The third-order valence-corrected chi connectivity index (χ3v) is 1.57. The van der Waals surface area contributed by atoms with E-state index in [0.29, 0.717) is 0 Å². The summed E-state index contributed by atoms with van der Waals surface area (Å²) in [5.41, 5.74) is 0. The van der Waals surface area contributed by atoms with Crippen molar-refractivity contribution in [3.8, 4) is 0 Å². The molecule has 0 N–H and O–H groups in total. The molecule has 0 bridgehead atoms. The molecule has 0 aliphatic rings. The maximum atomic E-state index is 10.8. The largest absolute Gasteiger partial charge is 0.843 e. The van der Waals surface area contributed by atoms with Crippen molar-refractivity contribution in [1.29, 1.82) is 0 Å². The Morgan fingerprint density at radius 1 is 1.67 bits per heavy atom. The van der Waals surface area contributed by atoms with Crippen LogP contribution < -0.4 is 0 Å². The van der Waals surface area contributed by atoms with Crippen molar-refractivity contribution in [2.24, 2.45) is 0 Å². The van der Waals surface area contributed by atoms with Crippen molar-refractivity contribution in [3.63, 3.8) is 0 Å². The number of halogens is 3. The van der Waals surface area contributed by atoms with Crippen LogP contribution in [0.5, 0.6) is 0 Å². The fourth-order valence-electron chi connectivity index (χ4n) is 0. The van der Waals surface area contributed by atoms with Crippen LogP contribution in [0.1, 0.15) is 0 Å². The van der Waals surface area contributed by atoms with Gasteiger partial charge in [-0.3, -0.25) is 0 Å². The molecule has 0 aromatic heterocycles. The predicted octanol–water partition coefficient (Wildman–Crippen LogP) is 1.01. The Hall–Kier alpha value is 0.965. The predicted molar refractivity (Wildman–Crippen MR) is 30.1 cm³/mol. The van der Waals surface area contributed by atoms with Crippen LogP contribution in [0.25, 0.3) is 0 Å². The Balaban J connectivity index is 2.99. The molecule has 1 nitrogen and oxygen atoms in total. The van der Waals surface area contributed by atoms with E-state index in [1.54, 1.807) is 0 Å². The normalized spacial score (nSPS) is 14.0. The standard InChI is InChI=1S/BF2IOS/c2-1(3)6(4)5. The van der Waals surface area contributed by atoms with E-state index in [1.807, 2.05) is 0 Å². The van der Waals surface area contributed by atoms with Gasteiger partial charge >= 0.3 is 6.55 Å². The molecule has 0 saturated heterocycles. The van der Waals surface area contributed by atoms with E-state index in [-0.39, 0.29) is 0 Å². The molecule has 6 heavy (non-hydrogen) atoms. The lowest BCUT2D eigenvalue weighted by Crippen LogP contribution is -2.06. The average molecular weight is 224 g/mol. The molecule has 36 valence electrons. The summed E-state index contributed by atoms with van der Waals surface area (Å²) < 4.78 is 31.2. The summed E-state index contributed by atoms with van der Waals surface area (Å²) in [6.07, 6.45) is 0. The first-order valence-electron chi connectivity index (χ1n) is 0.993. The van der Waals surface area contributed by atoms with Gasteiger partial charge in [0.25, 0.3) is 0 Å². The molecule has 0 spiro atoms. The molecule has 0 aromatic rings. The smallest absolute Gasteiger partial charge is 0.623 e. The number of hydrogen-bond donors (Lipinski definition) is 0. The summed E-state index contributed by atoms with van der Waals surface area (Å²) in [6.45, 7) is -2.69. The molecule has 0 rings (SSSR count). The second-order valence-electron chi connectivity index (χ2n) is 0.509. The maximum absolute atomic E-state index is 10.8. The van der Waals surface area contributed by atoms with Gasteiger partial charge in [0.05, 0.1) is 0 Å². The third kappa shape index (κ3) is 3.17. The Labute approximate surface area is 49.3 Å². The van der Waals surface area contributed by atoms with E-state index in [1.165, 1.54) is 0 Å². The Morgan fingerprint density at radius 2 is 1.83 bits per heavy atom. The third-order valence-electron chi connectivity index (χ3n) is 0.140. The molecule has 0 aliphatic carbocycles. The molecule has 0 amide bonds. The minimum Gasteiger partial charge on any atom is -0.623 e. The first kappa shape index (κ1) is 6.96. The fraction of sp³-hybridized carbons (Fsp3) is 0. The highest BCUT2D eigenvalue weighted by Gasteiger charge is 2.31. The molecule has 0 heterocycles. The topological polar surface area (TPSA) is 23.1 Å². The molecular formula is BF2IOS. The highest BCUT2D eigenvalue weighted by Crippen LogP contribution is 2.07. The molecule has 0 saturated carbocycles. The second kappa shape index (κ2) is 3.03. The summed E-state index contributed by atoms with van der Waals surface area (Å²) in [5.74, 6) is 0. The highest BCUT2D eigenvalue weighted by atomic mass is 127. The van der Waals surface area contributed by atoms with Gasteiger partial charge < -0.3 is 4.55 Å². The minimum absolute atomic E-state index is 1.15. The van der Waals surface area contributed by atoms with E-state index in [9.17, 15) is 13.2 Å². The van der Waals surface area contributed by atoms with E-state index in [4.69, 9.17) is 0 Å². The van der Waals surface area contributed by atoms with Crippen molar-refractivity contribution in [1.82, 2.24) is 0 Å². The summed E-state index contributed by atoms with van der Waals surface area (Å²) in [5, 5.41) is 0. The van der Waals surface area contributed by atoms with Crippen molar-refractivity contribution >= 4 is 35.9 Å². The number of rotatable bonds is 1. The Bertz CT molecular complexity index is 34.5. The van der Waals surface area contributed by atoms with Gasteiger partial charge in [-0.05, 0) is 0 Å². The van der Waals surface area contributed by atoms with Gasteiger partial charge in [0.1, 0.15) is 0 Å². The van der Waals surface area contributed by atoms with E-state index in [2.05, 4.69) is 0 Å². The zero-order valence-corrected chi connectivity index (χ0v) is 5.50. The first-order chi connectivity index (χ1) is 2.64. The Kier molecular flexibility index (Phi) is 3.52. The first-order valence-corrected chi connectivity index (χ1v) is 4.75. The monoisotopic (exact) mass is 224 g/mol. The minimum atomic E-state index is -2.69. The average Bonchev–Trinajstić information content (AvgIpc) is 1.36. The summed E-state index contributed by atoms with van der Waals surface area (Å²) in [6, 6.07) is 0. The SMILES string of the molecule is [O-][S+](I)B(F)F. The maximum Gasteiger partial charge on any atom is 0.843 e. The van der Waals surface area contributed by atoms with Gasteiger partial charge in [0.2, 0.25) is 21.2 Å². The van der Waals surface area contributed by atoms with Gasteiger partial charge in [-0.2, -0.15) is 0 Å². The van der Waals surface area contributed by atoms with Crippen molar-refractivity contribution < 1.29 is 13.2 Å². The van der Waals surface area contributed by atoms with Crippen LogP contribution >= 0.6 is 21.2 Å². The lowest BCUT2D eigenvalue weighted by Gasteiger charge is -1.89. The molecule has 0 aliphatic heterocycles. The molecule has 6 heteroatoms. The Morgan fingerprint density at radius 3 is 1.83 bits per heavy atom. The van der Waals surface area contributed by atoms with Crippen LogP contribution in [-0.4, -0.2) is 11.1 Å². The van der Waals surface area contributed by atoms with Gasteiger partial charge in [-0.1, -0.05) is 0 Å². The van der Waals surface area contributed by atoms with Crippen LogP contribution in [0.3, 0.4) is 0 Å². The van der Waals surface area contributed by atoms with Crippen LogP contribution in [0.15, 0.2) is 0 Å². The van der Waals surface area contributed by atoms with E-state index in [0.717, 1.165) is 21.2 Å². The van der Waals surface area contributed by atoms with Crippen LogP contribution in [0.4, 0.5) is 8.63 Å². The van der Waals surface area contributed by atoms with Crippen molar-refractivity contribution in [3.05, 3.63) is 0 Å². The van der Waals surface area contributed by atoms with Gasteiger partial charge in [0, 0.05) is 8.20 Å². The van der Waals surface area contributed by atoms with Crippen LogP contribution in [0.2, 0.25) is 0 Å². The summed E-state index contributed by atoms with van der Waals surface area (Å²) in [4.78, 5) is 0. The molecule has 0 radical (unpaired) electrons. The molecule has 1 unspecified atom stereocenters. The van der Waals surface area contributed by atoms with E-state index >= 15 is 0 Å². The number of hydrogen-bond acceptors (Lipinski definition) is 1. The van der Waals surface area contributed by atoms with Crippen molar-refractivity contribution in [2.45, 2.75) is 0 Å². The molecular weight excluding hydrogens is 224 g/mol. The van der Waals surface area contributed by atoms with Gasteiger partial charge in [-0.15, -0.1) is 0 Å². The van der Waals surface area contributed by atoms with E-state index < -0.39 is 14.7 Å². The second-order valence-corrected chi connectivity index (χ2v) is 3.97. The zero-order valence-electron chi connectivity index (χ0n) is 2.53. The zero-order chi connectivity index (χ0) is 5.15. The van der Waals surface area contributed by atoms with Gasteiger partial charge in [-0.25, -0.2) is 8.63 Å². The van der Waals surface area contributed by atoms with Crippen molar-refractivity contribution in [2.75, 3.05) is 0 Å². The fourth-order valence-corrected chi connectivity index (χ4v) is 0. The lowest BCUT2D eigenvalue weighted by molar-refractivity contribution is 0.605. The quantitative estimate of drug-likeness (QED) is 0.370. The van der Waals surface area contributed by atoms with Crippen LogP contribution in [-0.2, 0) is 8.20 Å².